The van der Waals surface area contributed by atoms with Gasteiger partial charge in [0.15, 0.2) is 0 Å². The van der Waals surface area contributed by atoms with Crippen LogP contribution in [0.4, 0.5) is 11.6 Å². The molecule has 2 fully saturated rings. The summed E-state index contributed by atoms with van der Waals surface area (Å²) in [5, 5.41) is 10.3. The molecule has 4 heterocycles. The summed E-state index contributed by atoms with van der Waals surface area (Å²) in [6.45, 7) is 2.88. The van der Waals surface area contributed by atoms with Crippen LogP contribution in [-0.2, 0) is 15.6 Å². The molecule has 1 amide bonds. The molecule has 3 N–H and O–H groups in total. The Morgan fingerprint density at radius 2 is 1.77 bits per heavy atom. The summed E-state index contributed by atoms with van der Waals surface area (Å²) in [6.07, 6.45) is 7.25. The SMILES string of the molecule is O=C1NCC2(CCCCC2)n2c1cc1cnc(Nc3ccc(S(=O)(=O)N4CCNCC4)cc3)nc12. The molecule has 3 aliphatic rings. The highest BCUT2D eigenvalue weighted by molar-refractivity contribution is 7.89. The first-order chi connectivity index (χ1) is 17.0. The van der Waals surface area contributed by atoms with Crippen LogP contribution in [0.15, 0.2) is 41.4 Å². The van der Waals surface area contributed by atoms with E-state index in [2.05, 4.69) is 25.5 Å². The predicted molar refractivity (Wildman–Crippen MR) is 132 cm³/mol. The average molecular weight is 496 g/mol. The third kappa shape index (κ3) is 3.87. The van der Waals surface area contributed by atoms with E-state index in [1.165, 1.54) is 10.7 Å². The number of nitrogens with one attached hydrogen (secondary N) is 3. The summed E-state index contributed by atoms with van der Waals surface area (Å²) in [6, 6.07) is 8.55. The van der Waals surface area contributed by atoms with E-state index >= 15 is 0 Å². The second-order valence-corrected chi connectivity index (χ2v) is 11.5. The molecule has 6 rings (SSSR count). The lowest BCUT2D eigenvalue weighted by atomic mass is 9.80. The molecule has 35 heavy (non-hydrogen) atoms. The molecular formula is C24H29N7O3S. The first-order valence-corrected chi connectivity index (χ1v) is 13.7. The van der Waals surface area contributed by atoms with Gasteiger partial charge < -0.3 is 20.5 Å². The highest BCUT2D eigenvalue weighted by Crippen LogP contribution is 2.40. The second kappa shape index (κ2) is 8.58. The number of hydrogen-bond donors (Lipinski definition) is 3. The van der Waals surface area contributed by atoms with Crippen LogP contribution in [0, 0.1) is 0 Å². The van der Waals surface area contributed by atoms with E-state index in [4.69, 9.17) is 4.98 Å². The van der Waals surface area contributed by atoms with Gasteiger partial charge in [-0.15, -0.1) is 0 Å². The molecule has 0 unspecified atom stereocenters. The Kier molecular flexibility index (Phi) is 5.50. The number of piperazine rings is 1. The summed E-state index contributed by atoms with van der Waals surface area (Å²) < 4.78 is 29.4. The highest BCUT2D eigenvalue weighted by Gasteiger charge is 2.41. The minimum absolute atomic E-state index is 0.0741. The number of sulfonamides is 1. The van der Waals surface area contributed by atoms with Crippen molar-refractivity contribution in [2.24, 2.45) is 0 Å². The number of nitrogens with zero attached hydrogens (tertiary/aromatic N) is 4. The minimum atomic E-state index is -3.51. The molecule has 10 nitrogen and oxygen atoms in total. The zero-order valence-corrected chi connectivity index (χ0v) is 20.3. The number of carbonyl (C=O) groups excluding carboxylic acids is 1. The first-order valence-electron chi connectivity index (χ1n) is 12.2. The Labute approximate surface area is 204 Å². The van der Waals surface area contributed by atoms with Gasteiger partial charge in [0, 0.05) is 50.0 Å². The summed E-state index contributed by atoms with van der Waals surface area (Å²) in [7, 11) is -3.51. The fourth-order valence-corrected chi connectivity index (χ4v) is 7.04. The van der Waals surface area contributed by atoms with Crippen molar-refractivity contribution in [1.82, 2.24) is 29.5 Å². The smallest absolute Gasteiger partial charge is 0.268 e. The quantitative estimate of drug-likeness (QED) is 0.507. The van der Waals surface area contributed by atoms with Gasteiger partial charge in [0.2, 0.25) is 16.0 Å². The van der Waals surface area contributed by atoms with E-state index in [9.17, 15) is 13.2 Å². The van der Waals surface area contributed by atoms with Gasteiger partial charge in [-0.05, 0) is 43.2 Å². The van der Waals surface area contributed by atoms with Crippen molar-refractivity contribution < 1.29 is 13.2 Å². The molecule has 2 aliphatic heterocycles. The molecule has 1 aliphatic carbocycles. The van der Waals surface area contributed by atoms with Crippen molar-refractivity contribution in [3.63, 3.8) is 0 Å². The van der Waals surface area contributed by atoms with Crippen molar-refractivity contribution in [2.75, 3.05) is 38.0 Å². The fourth-order valence-electron chi connectivity index (χ4n) is 5.59. The third-order valence-electron chi connectivity index (χ3n) is 7.43. The summed E-state index contributed by atoms with van der Waals surface area (Å²) in [5.41, 5.74) is 1.95. The first kappa shape index (κ1) is 22.4. The van der Waals surface area contributed by atoms with Gasteiger partial charge in [-0.3, -0.25) is 4.79 Å². The number of carbonyl (C=O) groups is 1. The highest BCUT2D eigenvalue weighted by atomic mass is 32.2. The number of aromatic nitrogens is 3. The lowest BCUT2D eigenvalue weighted by molar-refractivity contribution is 0.0833. The molecule has 1 saturated carbocycles. The van der Waals surface area contributed by atoms with Crippen LogP contribution in [0.1, 0.15) is 42.6 Å². The molecule has 11 heteroatoms. The second-order valence-electron chi connectivity index (χ2n) is 9.61. The van der Waals surface area contributed by atoms with Crippen molar-refractivity contribution in [3.8, 4) is 0 Å². The van der Waals surface area contributed by atoms with Crippen LogP contribution in [0.5, 0.6) is 0 Å². The van der Waals surface area contributed by atoms with Crippen LogP contribution >= 0.6 is 0 Å². The molecule has 1 saturated heterocycles. The molecule has 3 aromatic rings. The van der Waals surface area contributed by atoms with Gasteiger partial charge in [0.25, 0.3) is 5.91 Å². The Morgan fingerprint density at radius 1 is 1.03 bits per heavy atom. The standard InChI is InChI=1S/C24H29N7O3S/c32-22-20-14-17-15-26-23(29-21(17)31(20)24(16-27-22)8-2-1-3-9-24)28-18-4-6-19(7-5-18)35(33,34)30-12-10-25-11-13-30/h4-7,14-15,25H,1-3,8-13,16H2,(H,27,32)(H,26,28,29). The third-order valence-corrected chi connectivity index (χ3v) is 9.35. The van der Waals surface area contributed by atoms with Crippen molar-refractivity contribution in [2.45, 2.75) is 42.5 Å². The van der Waals surface area contributed by atoms with Gasteiger partial charge in [-0.1, -0.05) is 19.3 Å². The van der Waals surface area contributed by atoms with Gasteiger partial charge in [-0.2, -0.15) is 9.29 Å². The molecule has 0 atom stereocenters. The van der Waals surface area contributed by atoms with E-state index in [0.29, 0.717) is 50.1 Å². The maximum absolute atomic E-state index is 12.9. The van der Waals surface area contributed by atoms with Crippen molar-refractivity contribution in [1.29, 1.82) is 0 Å². The normalized spacial score (nSPS) is 20.5. The summed E-state index contributed by atoms with van der Waals surface area (Å²) in [4.78, 5) is 22.2. The Morgan fingerprint density at radius 3 is 2.51 bits per heavy atom. The van der Waals surface area contributed by atoms with Gasteiger partial charge in [0.1, 0.15) is 11.3 Å². The topological polar surface area (TPSA) is 121 Å². The van der Waals surface area contributed by atoms with E-state index < -0.39 is 10.0 Å². The Balaban J connectivity index is 1.30. The maximum Gasteiger partial charge on any atom is 0.268 e. The van der Waals surface area contributed by atoms with E-state index in [1.54, 1.807) is 30.5 Å². The fraction of sp³-hybridized carbons (Fsp3) is 0.458. The van der Waals surface area contributed by atoms with Gasteiger partial charge in [-0.25, -0.2) is 13.4 Å². The minimum Gasteiger partial charge on any atom is -0.348 e. The summed E-state index contributed by atoms with van der Waals surface area (Å²) >= 11 is 0. The lowest BCUT2D eigenvalue weighted by Crippen LogP contribution is -2.52. The van der Waals surface area contributed by atoms with E-state index in [0.717, 1.165) is 36.7 Å². The van der Waals surface area contributed by atoms with Gasteiger partial charge >= 0.3 is 0 Å². The molecular weight excluding hydrogens is 466 g/mol. The van der Waals surface area contributed by atoms with Crippen LogP contribution in [0.25, 0.3) is 11.0 Å². The number of rotatable bonds is 4. The lowest BCUT2D eigenvalue weighted by Gasteiger charge is -2.42. The Hall–Kier alpha value is -3.02. The summed E-state index contributed by atoms with van der Waals surface area (Å²) in [5.74, 6) is 0.336. The number of hydrogen-bond acceptors (Lipinski definition) is 7. The Bertz CT molecular complexity index is 1370. The molecule has 184 valence electrons. The number of anilines is 2. The average Bonchev–Trinajstić information content (AvgIpc) is 3.29. The zero-order chi connectivity index (χ0) is 24.0. The number of benzene rings is 1. The zero-order valence-electron chi connectivity index (χ0n) is 19.5. The maximum atomic E-state index is 12.9. The van der Waals surface area contributed by atoms with E-state index in [-0.39, 0.29) is 16.3 Å². The van der Waals surface area contributed by atoms with Crippen LogP contribution < -0.4 is 16.0 Å². The van der Waals surface area contributed by atoms with Gasteiger partial charge in [0.05, 0.1) is 10.4 Å². The van der Waals surface area contributed by atoms with E-state index in [1.807, 2.05) is 6.07 Å². The van der Waals surface area contributed by atoms with Crippen LogP contribution in [0.3, 0.4) is 0 Å². The molecule has 1 aromatic carbocycles. The number of fused-ring (bicyclic) bond motifs is 4. The molecule has 0 bridgehead atoms. The number of amides is 1. The molecule has 1 spiro atoms. The largest absolute Gasteiger partial charge is 0.348 e. The van der Waals surface area contributed by atoms with Crippen LogP contribution in [-0.4, -0.2) is 65.9 Å². The molecule has 0 radical (unpaired) electrons. The van der Waals surface area contributed by atoms with Crippen LogP contribution in [0.2, 0.25) is 0 Å². The van der Waals surface area contributed by atoms with Crippen molar-refractivity contribution in [3.05, 3.63) is 42.2 Å². The monoisotopic (exact) mass is 495 g/mol. The predicted octanol–water partition coefficient (Wildman–Crippen LogP) is 2.17. The van der Waals surface area contributed by atoms with Crippen molar-refractivity contribution >= 4 is 38.6 Å². The molecule has 2 aromatic heterocycles.